The number of nitrogens with zero attached hydrogens (tertiary/aromatic N) is 4. The molecule has 3 heterocycles. The Morgan fingerprint density at radius 1 is 0.833 bits per heavy atom. The number of ether oxygens (including phenoxy) is 4. The molecule has 0 radical (unpaired) electrons. The van der Waals surface area contributed by atoms with Gasteiger partial charge in [0.25, 0.3) is 0 Å². The van der Waals surface area contributed by atoms with Gasteiger partial charge in [-0.15, -0.1) is 0 Å². The Balaban J connectivity index is 1.31. The zero-order valence-electron chi connectivity index (χ0n) is 23.0. The quantitative estimate of drug-likeness (QED) is 0.260. The topological polar surface area (TPSA) is 126 Å². The molecule has 1 aliphatic heterocycles. The number of hydrogen-bond donors (Lipinski definition) is 2. The fourth-order valence-electron chi connectivity index (χ4n) is 5.99. The molecule has 3 aromatic carbocycles. The van der Waals surface area contributed by atoms with Crippen LogP contribution in [0.3, 0.4) is 0 Å². The molecule has 2 fully saturated rings. The molecule has 2 unspecified atom stereocenters. The Bertz CT molecular complexity index is 1690. The van der Waals surface area contributed by atoms with Crippen molar-refractivity contribution in [1.29, 1.82) is 0 Å². The monoisotopic (exact) mass is 565 g/mol. The normalized spacial score (nSPS) is 28.1. The van der Waals surface area contributed by atoms with E-state index in [1.807, 2.05) is 91.0 Å². The molecular weight excluding hydrogens is 534 g/mol. The Labute approximate surface area is 242 Å². The first-order valence-electron chi connectivity index (χ1n) is 13.8. The number of imidazole rings is 1. The van der Waals surface area contributed by atoms with Gasteiger partial charge in [-0.25, -0.2) is 14.5 Å². The Morgan fingerprint density at radius 3 is 2.02 bits per heavy atom. The molecule has 0 spiro atoms. The number of benzene rings is 3. The van der Waals surface area contributed by atoms with Gasteiger partial charge in [0.1, 0.15) is 24.2 Å². The van der Waals surface area contributed by atoms with Crippen molar-refractivity contribution >= 4 is 11.5 Å². The molecule has 0 bridgehead atoms. The fourth-order valence-corrected chi connectivity index (χ4v) is 5.99. The van der Waals surface area contributed by atoms with Crippen molar-refractivity contribution in [3.8, 4) is 0 Å². The summed E-state index contributed by atoms with van der Waals surface area (Å²) in [4.78, 5) is 8.42. The second kappa shape index (κ2) is 10.3. The van der Waals surface area contributed by atoms with Crippen LogP contribution in [0.1, 0.15) is 29.3 Å². The minimum Gasteiger partial charge on any atom is -0.381 e. The van der Waals surface area contributed by atoms with E-state index < -0.39 is 29.2 Å². The zero-order valence-corrected chi connectivity index (χ0v) is 23.0. The number of anilines is 1. The van der Waals surface area contributed by atoms with E-state index in [0.29, 0.717) is 12.3 Å². The van der Waals surface area contributed by atoms with Crippen LogP contribution < -0.4 is 5.73 Å². The average molecular weight is 566 g/mol. The summed E-state index contributed by atoms with van der Waals surface area (Å²) in [5, 5.41) is 16.9. The predicted molar refractivity (Wildman–Crippen MR) is 153 cm³/mol. The summed E-state index contributed by atoms with van der Waals surface area (Å²) >= 11 is 0. The van der Waals surface area contributed by atoms with Gasteiger partial charge in [0, 0.05) is 0 Å². The van der Waals surface area contributed by atoms with Crippen molar-refractivity contribution in [3.05, 3.63) is 126 Å². The molecule has 42 heavy (non-hydrogen) atoms. The first-order valence-corrected chi connectivity index (χ1v) is 13.8. The first-order chi connectivity index (χ1) is 20.5. The van der Waals surface area contributed by atoms with Gasteiger partial charge in [-0.3, -0.25) is 0 Å². The molecular formula is C32H31N5O5. The molecule has 1 aliphatic carbocycles. The highest BCUT2D eigenvalue weighted by atomic mass is 16.7. The van der Waals surface area contributed by atoms with Crippen molar-refractivity contribution in [3.63, 3.8) is 0 Å². The summed E-state index contributed by atoms with van der Waals surface area (Å²) in [5.41, 5.74) is 6.87. The highest BCUT2D eigenvalue weighted by molar-refractivity contribution is 5.59. The number of hydrogen-bond acceptors (Lipinski definition) is 9. The van der Waals surface area contributed by atoms with E-state index >= 15 is 0 Å². The van der Waals surface area contributed by atoms with E-state index in [9.17, 15) is 5.11 Å². The summed E-state index contributed by atoms with van der Waals surface area (Å²) in [6, 6.07) is 29.5. The van der Waals surface area contributed by atoms with E-state index in [1.54, 1.807) is 6.92 Å². The number of fused-ring (bicyclic) bond motifs is 2. The minimum absolute atomic E-state index is 0.175. The van der Waals surface area contributed by atoms with Crippen LogP contribution >= 0.6 is 0 Å². The second-order valence-corrected chi connectivity index (χ2v) is 10.8. The summed E-state index contributed by atoms with van der Waals surface area (Å²) in [6.45, 7) is 2.59. The summed E-state index contributed by atoms with van der Waals surface area (Å²) < 4.78 is 27.9. The van der Waals surface area contributed by atoms with Gasteiger partial charge < -0.3 is 29.8 Å². The summed E-state index contributed by atoms with van der Waals surface area (Å²) in [6.07, 6.45) is 1.61. The summed E-state index contributed by atoms with van der Waals surface area (Å²) in [7, 11) is 0. The van der Waals surface area contributed by atoms with Crippen molar-refractivity contribution < 1.29 is 24.1 Å². The molecule has 1 saturated heterocycles. The average Bonchev–Trinajstić information content (AvgIpc) is 3.29. The van der Waals surface area contributed by atoms with Crippen LogP contribution in [0.5, 0.6) is 0 Å². The van der Waals surface area contributed by atoms with E-state index in [1.165, 1.54) is 17.0 Å². The number of aromatic nitrogens is 4. The molecule has 7 rings (SSSR count). The van der Waals surface area contributed by atoms with Gasteiger partial charge >= 0.3 is 0 Å². The lowest BCUT2D eigenvalue weighted by Crippen LogP contribution is -2.60. The lowest BCUT2D eigenvalue weighted by atomic mass is 9.85. The molecule has 5 aromatic rings. The van der Waals surface area contributed by atoms with Crippen molar-refractivity contribution in [2.45, 2.75) is 55.9 Å². The van der Waals surface area contributed by atoms with Crippen LogP contribution in [-0.2, 0) is 44.6 Å². The largest absolute Gasteiger partial charge is 0.381 e. The maximum atomic E-state index is 12.6. The van der Waals surface area contributed by atoms with Crippen LogP contribution in [0.4, 0.5) is 5.82 Å². The second-order valence-electron chi connectivity index (χ2n) is 10.8. The SMILES string of the molecule is C[C@]1(OCc2ccccc2)C(O)(c2cnc3c(N)ncnn23)O[C@@H]2C(OCc3ccccc3)[C@@]21OCc1ccccc1. The Hall–Kier alpha value is -4.19. The molecule has 2 aromatic heterocycles. The van der Waals surface area contributed by atoms with E-state index in [2.05, 4.69) is 15.1 Å². The molecule has 5 atom stereocenters. The third-order valence-electron chi connectivity index (χ3n) is 8.34. The van der Waals surface area contributed by atoms with E-state index in [4.69, 9.17) is 24.7 Å². The molecule has 214 valence electrons. The van der Waals surface area contributed by atoms with Gasteiger partial charge in [0.2, 0.25) is 5.79 Å². The lowest BCUT2D eigenvalue weighted by molar-refractivity contribution is -0.325. The van der Waals surface area contributed by atoms with Gasteiger partial charge in [-0.05, 0) is 23.6 Å². The smallest absolute Gasteiger partial charge is 0.245 e. The number of aliphatic hydroxyl groups is 1. The molecule has 0 amide bonds. The standard InChI is InChI=1S/C32H31N5O5/c1-30(40-19-23-13-7-3-8-14-23)31(41-20-24-15-9-4-10-16-24)26(39-18-22-11-5-2-6-12-22)27(31)42-32(30,38)25-17-34-29-28(33)35-21-36-37(25)29/h2-17,21,26-27,38H,18-20H2,1H3,(H2,33,35,36)/t26?,27-,30-,31-,32?/m1/s1. The van der Waals surface area contributed by atoms with Crippen molar-refractivity contribution in [2.24, 2.45) is 0 Å². The van der Waals surface area contributed by atoms with Crippen LogP contribution in [0.2, 0.25) is 0 Å². The van der Waals surface area contributed by atoms with Crippen LogP contribution in [0.15, 0.2) is 104 Å². The summed E-state index contributed by atoms with van der Waals surface area (Å²) in [5.74, 6) is -1.86. The lowest BCUT2D eigenvalue weighted by Gasteiger charge is -2.44. The number of nitrogens with two attached hydrogens (primary N) is 1. The van der Waals surface area contributed by atoms with Gasteiger partial charge in [-0.1, -0.05) is 91.0 Å². The van der Waals surface area contributed by atoms with Gasteiger partial charge in [-0.2, -0.15) is 5.10 Å². The molecule has 10 heteroatoms. The fraction of sp³-hybridized carbons (Fsp3) is 0.281. The third-order valence-corrected chi connectivity index (χ3v) is 8.34. The number of rotatable bonds is 10. The maximum absolute atomic E-state index is 12.6. The molecule has 1 saturated carbocycles. The zero-order chi connectivity index (χ0) is 28.8. The molecule has 2 aliphatic rings. The van der Waals surface area contributed by atoms with Crippen LogP contribution in [0.25, 0.3) is 5.65 Å². The number of nitrogen functional groups attached to an aromatic ring is 1. The van der Waals surface area contributed by atoms with E-state index in [-0.39, 0.29) is 24.7 Å². The third kappa shape index (κ3) is 4.11. The van der Waals surface area contributed by atoms with E-state index in [0.717, 1.165) is 16.7 Å². The van der Waals surface area contributed by atoms with Gasteiger partial charge in [0.05, 0.1) is 26.0 Å². The van der Waals surface area contributed by atoms with Crippen molar-refractivity contribution in [1.82, 2.24) is 19.6 Å². The minimum atomic E-state index is -2.03. The predicted octanol–water partition coefficient (Wildman–Crippen LogP) is 3.78. The highest BCUT2D eigenvalue weighted by Crippen LogP contribution is 2.67. The van der Waals surface area contributed by atoms with Crippen LogP contribution in [0, 0.1) is 0 Å². The molecule has 3 N–H and O–H groups in total. The maximum Gasteiger partial charge on any atom is 0.245 e. The van der Waals surface area contributed by atoms with Gasteiger partial charge in [0.15, 0.2) is 22.7 Å². The highest BCUT2D eigenvalue weighted by Gasteiger charge is 2.90. The Kier molecular flexibility index (Phi) is 6.52. The van der Waals surface area contributed by atoms with Crippen molar-refractivity contribution in [2.75, 3.05) is 5.73 Å². The van der Waals surface area contributed by atoms with Crippen LogP contribution in [-0.4, -0.2) is 48.1 Å². The Morgan fingerprint density at radius 2 is 1.40 bits per heavy atom. The molecule has 10 nitrogen and oxygen atoms in total. The first kappa shape index (κ1) is 26.7.